The Morgan fingerprint density at radius 3 is 2.73 bits per heavy atom. The molecule has 1 aromatic heterocycles. The van der Waals surface area contributed by atoms with Crippen LogP contribution in [0.3, 0.4) is 0 Å². The summed E-state index contributed by atoms with van der Waals surface area (Å²) in [5.74, 6) is -2.08. The molecule has 1 aliphatic rings. The molecule has 2 heterocycles. The lowest BCUT2D eigenvalue weighted by atomic mass is 9.91. The monoisotopic (exact) mass is 358 g/mol. The average Bonchev–Trinajstić information content (AvgIpc) is 2.61. The molecule has 9 nitrogen and oxygen atoms in total. The standard InChI is InChI=1S/C17H22N6O3/c1-10-2-3-14(13(19)4-5-18)23(9-10)17(26)16(25)22-12-6-11(15(20)24)7-21-8-12/h4-8,10,14,19H,2-3,9,18H2,1H3,(H2,20,24)(H,22,25)/b5-4-,19-13?/t10-,14+/m0/s1. The molecule has 9 heteroatoms. The molecule has 0 spiro atoms. The fourth-order valence-corrected chi connectivity index (χ4v) is 2.87. The van der Waals surface area contributed by atoms with E-state index in [0.29, 0.717) is 13.0 Å². The van der Waals surface area contributed by atoms with Gasteiger partial charge in [-0.05, 0) is 37.1 Å². The molecule has 0 saturated carbocycles. The molecular formula is C17H22N6O3. The topological polar surface area (TPSA) is 155 Å². The lowest BCUT2D eigenvalue weighted by Crippen LogP contribution is -2.53. The largest absolute Gasteiger partial charge is 0.405 e. The fourth-order valence-electron chi connectivity index (χ4n) is 2.87. The number of piperidine rings is 1. The number of likely N-dealkylation sites (tertiary alicyclic amines) is 1. The number of nitrogens with one attached hydrogen (secondary N) is 2. The van der Waals surface area contributed by atoms with E-state index in [4.69, 9.17) is 16.9 Å². The normalized spacial score (nSPS) is 20.0. The van der Waals surface area contributed by atoms with Gasteiger partial charge in [0.15, 0.2) is 0 Å². The van der Waals surface area contributed by atoms with E-state index >= 15 is 0 Å². The number of carbonyl (C=O) groups excluding carboxylic acids is 3. The second kappa shape index (κ2) is 8.24. The van der Waals surface area contributed by atoms with Gasteiger partial charge in [-0.15, -0.1) is 0 Å². The first-order valence-corrected chi connectivity index (χ1v) is 8.17. The summed E-state index contributed by atoms with van der Waals surface area (Å²) in [4.78, 5) is 41.4. The van der Waals surface area contributed by atoms with Crippen molar-refractivity contribution in [2.75, 3.05) is 11.9 Å². The molecule has 0 aliphatic carbocycles. The van der Waals surface area contributed by atoms with Crippen molar-refractivity contribution in [2.45, 2.75) is 25.8 Å². The van der Waals surface area contributed by atoms with Gasteiger partial charge >= 0.3 is 11.8 Å². The number of rotatable bonds is 4. The minimum atomic E-state index is -0.864. The minimum absolute atomic E-state index is 0.120. The van der Waals surface area contributed by atoms with Crippen LogP contribution in [-0.2, 0) is 9.59 Å². The quantitative estimate of drug-likeness (QED) is 0.448. The summed E-state index contributed by atoms with van der Waals surface area (Å²) in [7, 11) is 0. The molecule has 1 saturated heterocycles. The van der Waals surface area contributed by atoms with Crippen LogP contribution in [0.1, 0.15) is 30.1 Å². The lowest BCUT2D eigenvalue weighted by molar-refractivity contribution is -0.145. The van der Waals surface area contributed by atoms with Crippen LogP contribution in [0.5, 0.6) is 0 Å². The molecule has 0 unspecified atom stereocenters. The number of hydrogen-bond acceptors (Lipinski definition) is 6. The number of pyridine rings is 1. The molecule has 2 rings (SSSR count). The number of nitrogens with two attached hydrogens (primary N) is 2. The Labute approximate surface area is 150 Å². The Hall–Kier alpha value is -3.23. The van der Waals surface area contributed by atoms with Gasteiger partial charge in [-0.1, -0.05) is 6.92 Å². The van der Waals surface area contributed by atoms with Crippen LogP contribution in [0.4, 0.5) is 5.69 Å². The van der Waals surface area contributed by atoms with Gasteiger partial charge in [0.1, 0.15) is 0 Å². The summed E-state index contributed by atoms with van der Waals surface area (Å²) in [5, 5.41) is 10.5. The van der Waals surface area contributed by atoms with E-state index in [9.17, 15) is 14.4 Å². The molecule has 138 valence electrons. The van der Waals surface area contributed by atoms with Gasteiger partial charge in [0.2, 0.25) is 5.91 Å². The molecule has 1 aliphatic heterocycles. The molecule has 0 aromatic carbocycles. The first kappa shape index (κ1) is 19.1. The number of carbonyl (C=O) groups is 3. The Morgan fingerprint density at radius 2 is 2.08 bits per heavy atom. The first-order valence-electron chi connectivity index (χ1n) is 8.17. The van der Waals surface area contributed by atoms with Crippen LogP contribution >= 0.6 is 0 Å². The Bertz CT molecular complexity index is 761. The van der Waals surface area contributed by atoms with Gasteiger partial charge in [0.05, 0.1) is 29.2 Å². The smallest absolute Gasteiger partial charge is 0.313 e. The molecule has 1 fully saturated rings. The van der Waals surface area contributed by atoms with Crippen LogP contribution < -0.4 is 16.8 Å². The Balaban J connectivity index is 2.16. The van der Waals surface area contributed by atoms with E-state index in [0.717, 1.165) is 6.42 Å². The fraction of sp³-hybridized carbons (Fsp3) is 0.353. The highest BCUT2D eigenvalue weighted by Gasteiger charge is 2.34. The molecule has 2 atom stereocenters. The molecule has 1 aromatic rings. The van der Waals surface area contributed by atoms with E-state index in [2.05, 4.69) is 10.3 Å². The number of hydrogen-bond donors (Lipinski definition) is 4. The molecular weight excluding hydrogens is 336 g/mol. The molecule has 0 radical (unpaired) electrons. The van der Waals surface area contributed by atoms with Crippen molar-refractivity contribution in [1.82, 2.24) is 9.88 Å². The maximum atomic E-state index is 12.6. The zero-order chi connectivity index (χ0) is 19.3. The van der Waals surface area contributed by atoms with Crippen molar-refractivity contribution < 1.29 is 14.4 Å². The molecule has 26 heavy (non-hydrogen) atoms. The third-order valence-electron chi connectivity index (χ3n) is 4.19. The van der Waals surface area contributed by atoms with Crippen molar-refractivity contribution in [3.05, 3.63) is 36.3 Å². The lowest BCUT2D eigenvalue weighted by Gasteiger charge is -2.37. The summed E-state index contributed by atoms with van der Waals surface area (Å²) >= 11 is 0. The number of nitrogens with zero attached hydrogens (tertiary/aromatic N) is 2. The van der Waals surface area contributed by atoms with Gasteiger partial charge < -0.3 is 27.1 Å². The third kappa shape index (κ3) is 4.44. The van der Waals surface area contributed by atoms with Crippen LogP contribution in [0.2, 0.25) is 0 Å². The highest BCUT2D eigenvalue weighted by Crippen LogP contribution is 2.23. The summed E-state index contributed by atoms with van der Waals surface area (Å²) in [5.41, 5.74) is 11.0. The highest BCUT2D eigenvalue weighted by molar-refractivity contribution is 6.40. The van der Waals surface area contributed by atoms with Gasteiger partial charge in [-0.3, -0.25) is 19.4 Å². The van der Waals surface area contributed by atoms with Crippen LogP contribution in [0.25, 0.3) is 0 Å². The zero-order valence-corrected chi connectivity index (χ0v) is 14.4. The average molecular weight is 358 g/mol. The summed E-state index contributed by atoms with van der Waals surface area (Å²) in [6.07, 6.45) is 6.67. The van der Waals surface area contributed by atoms with E-state index in [1.165, 1.54) is 35.6 Å². The molecule has 0 bridgehead atoms. The third-order valence-corrected chi connectivity index (χ3v) is 4.19. The van der Waals surface area contributed by atoms with E-state index in [-0.39, 0.29) is 22.9 Å². The number of amides is 3. The van der Waals surface area contributed by atoms with Crippen LogP contribution in [0.15, 0.2) is 30.7 Å². The molecule has 6 N–H and O–H groups in total. The first-order chi connectivity index (χ1) is 12.3. The SMILES string of the molecule is C[C@H]1CC[C@H](C(=N)/C=C\N)N(C(=O)C(=O)Nc2cncc(C(N)=O)c2)C1. The maximum absolute atomic E-state index is 12.6. The second-order valence-electron chi connectivity index (χ2n) is 6.25. The summed E-state index contributed by atoms with van der Waals surface area (Å²) in [6.45, 7) is 2.36. The maximum Gasteiger partial charge on any atom is 0.313 e. The van der Waals surface area contributed by atoms with Gasteiger partial charge in [-0.2, -0.15) is 0 Å². The van der Waals surface area contributed by atoms with E-state index in [1.54, 1.807) is 0 Å². The van der Waals surface area contributed by atoms with Gasteiger partial charge in [0.25, 0.3) is 0 Å². The van der Waals surface area contributed by atoms with Crippen LogP contribution in [0, 0.1) is 11.3 Å². The Morgan fingerprint density at radius 1 is 1.35 bits per heavy atom. The second-order valence-corrected chi connectivity index (χ2v) is 6.25. The van der Waals surface area contributed by atoms with Gasteiger partial charge in [-0.25, -0.2) is 0 Å². The van der Waals surface area contributed by atoms with Crippen molar-refractivity contribution in [1.29, 1.82) is 5.41 Å². The van der Waals surface area contributed by atoms with Gasteiger partial charge in [0, 0.05) is 12.7 Å². The summed E-state index contributed by atoms with van der Waals surface area (Å²) in [6, 6.07) is 0.843. The van der Waals surface area contributed by atoms with Crippen molar-refractivity contribution in [3.8, 4) is 0 Å². The van der Waals surface area contributed by atoms with Crippen molar-refractivity contribution >= 4 is 29.1 Å². The van der Waals surface area contributed by atoms with E-state index < -0.39 is 23.8 Å². The number of aromatic nitrogens is 1. The van der Waals surface area contributed by atoms with Crippen LogP contribution in [-0.4, -0.2) is 45.9 Å². The van der Waals surface area contributed by atoms with Crippen molar-refractivity contribution in [3.63, 3.8) is 0 Å². The highest BCUT2D eigenvalue weighted by atomic mass is 16.2. The predicted molar refractivity (Wildman–Crippen MR) is 96.3 cm³/mol. The number of anilines is 1. The summed E-state index contributed by atoms with van der Waals surface area (Å²) < 4.78 is 0. The molecule has 3 amide bonds. The van der Waals surface area contributed by atoms with E-state index in [1.807, 2.05) is 6.92 Å². The Kier molecular flexibility index (Phi) is 6.05. The predicted octanol–water partition coefficient (Wildman–Crippen LogP) is 0.238. The number of primary amides is 1. The zero-order valence-electron chi connectivity index (χ0n) is 14.4. The minimum Gasteiger partial charge on any atom is -0.405 e. The van der Waals surface area contributed by atoms with Crippen molar-refractivity contribution in [2.24, 2.45) is 17.4 Å².